The van der Waals surface area contributed by atoms with Crippen molar-refractivity contribution < 1.29 is 18.3 Å². The van der Waals surface area contributed by atoms with Crippen LogP contribution in [0.5, 0.6) is 5.75 Å². The molecule has 33 heavy (non-hydrogen) atoms. The number of hydrogen-bond acceptors (Lipinski definition) is 7. The minimum absolute atomic E-state index is 0.0723. The summed E-state index contributed by atoms with van der Waals surface area (Å²) in [5.74, 6) is -1.22. The van der Waals surface area contributed by atoms with E-state index in [0.717, 1.165) is 17.3 Å². The van der Waals surface area contributed by atoms with E-state index in [1.54, 1.807) is 0 Å². The van der Waals surface area contributed by atoms with Crippen molar-refractivity contribution in [2.24, 2.45) is 0 Å². The SMILES string of the molecule is CC(=O)Nc1cccc(Nc2ncnc(N3CCC(Oc4cccc(F)c4F)CC3)n2)c1C. The molecule has 3 aromatic rings. The molecule has 1 aromatic heterocycles. The van der Waals surface area contributed by atoms with E-state index in [0.29, 0.717) is 43.5 Å². The van der Waals surface area contributed by atoms with Gasteiger partial charge in [0.15, 0.2) is 11.6 Å². The van der Waals surface area contributed by atoms with Crippen LogP contribution in [0.15, 0.2) is 42.7 Å². The van der Waals surface area contributed by atoms with E-state index in [-0.39, 0.29) is 17.8 Å². The molecule has 0 bridgehead atoms. The Balaban J connectivity index is 1.40. The largest absolute Gasteiger partial charge is 0.487 e. The minimum atomic E-state index is -0.967. The first-order valence-electron chi connectivity index (χ1n) is 10.6. The van der Waals surface area contributed by atoms with Gasteiger partial charge in [0.2, 0.25) is 23.6 Å². The highest BCUT2D eigenvalue weighted by atomic mass is 19.2. The van der Waals surface area contributed by atoms with Gasteiger partial charge < -0.3 is 20.3 Å². The van der Waals surface area contributed by atoms with Gasteiger partial charge in [-0.2, -0.15) is 9.37 Å². The van der Waals surface area contributed by atoms with E-state index in [9.17, 15) is 13.6 Å². The van der Waals surface area contributed by atoms with Gasteiger partial charge in [-0.05, 0) is 36.8 Å². The first-order valence-corrected chi connectivity index (χ1v) is 10.6. The van der Waals surface area contributed by atoms with Crippen LogP contribution in [0.25, 0.3) is 0 Å². The highest BCUT2D eigenvalue weighted by Gasteiger charge is 2.24. The Morgan fingerprint density at radius 3 is 2.58 bits per heavy atom. The summed E-state index contributed by atoms with van der Waals surface area (Å²) in [5, 5.41) is 5.97. The number of piperidine rings is 1. The van der Waals surface area contributed by atoms with Crippen molar-refractivity contribution in [3.63, 3.8) is 0 Å². The summed E-state index contributed by atoms with van der Waals surface area (Å²) in [5.41, 5.74) is 2.33. The zero-order valence-electron chi connectivity index (χ0n) is 18.3. The standard InChI is InChI=1S/C23H24F2N6O2/c1-14-18(28-15(2)32)6-4-7-19(14)29-22-26-13-27-23(30-22)31-11-9-16(10-12-31)33-20-8-3-5-17(24)21(20)25/h3-8,13,16H,9-12H2,1-2H3,(H,28,32)(H,26,27,29,30). The molecule has 1 aliphatic heterocycles. The first-order chi connectivity index (χ1) is 15.9. The number of ether oxygens (including phenoxy) is 1. The Morgan fingerprint density at radius 2 is 1.82 bits per heavy atom. The van der Waals surface area contributed by atoms with Crippen LogP contribution < -0.4 is 20.3 Å². The molecular weight excluding hydrogens is 430 g/mol. The normalized spacial score (nSPS) is 14.1. The molecule has 1 saturated heterocycles. The zero-order chi connectivity index (χ0) is 23.4. The van der Waals surface area contributed by atoms with Crippen molar-refractivity contribution in [1.29, 1.82) is 0 Å². The molecule has 1 aliphatic rings. The molecule has 4 rings (SSSR count). The maximum Gasteiger partial charge on any atom is 0.232 e. The average molecular weight is 454 g/mol. The molecule has 8 nitrogen and oxygen atoms in total. The number of nitrogens with one attached hydrogen (secondary N) is 2. The number of anilines is 4. The number of hydrogen-bond donors (Lipinski definition) is 2. The lowest BCUT2D eigenvalue weighted by Gasteiger charge is -2.32. The van der Waals surface area contributed by atoms with Crippen molar-refractivity contribution in [2.45, 2.75) is 32.8 Å². The summed E-state index contributed by atoms with van der Waals surface area (Å²) in [6.07, 6.45) is 2.43. The van der Waals surface area contributed by atoms with Gasteiger partial charge in [0.1, 0.15) is 12.4 Å². The molecule has 0 atom stereocenters. The van der Waals surface area contributed by atoms with Crippen LogP contribution in [0.2, 0.25) is 0 Å². The quantitative estimate of drug-likeness (QED) is 0.577. The molecule has 0 spiro atoms. The summed E-state index contributed by atoms with van der Waals surface area (Å²) in [6, 6.07) is 9.44. The predicted molar refractivity (Wildman–Crippen MR) is 121 cm³/mol. The lowest BCUT2D eigenvalue weighted by molar-refractivity contribution is -0.114. The molecule has 0 unspecified atom stereocenters. The van der Waals surface area contributed by atoms with Crippen LogP contribution in [0.4, 0.5) is 32.1 Å². The van der Waals surface area contributed by atoms with E-state index in [4.69, 9.17) is 4.74 Å². The maximum atomic E-state index is 13.9. The van der Waals surface area contributed by atoms with Crippen molar-refractivity contribution in [3.05, 3.63) is 59.9 Å². The van der Waals surface area contributed by atoms with E-state index in [2.05, 4.69) is 25.6 Å². The fourth-order valence-corrected chi connectivity index (χ4v) is 3.65. The van der Waals surface area contributed by atoms with Crippen LogP contribution in [0.3, 0.4) is 0 Å². The molecule has 2 N–H and O–H groups in total. The van der Waals surface area contributed by atoms with Gasteiger partial charge in [0.25, 0.3) is 0 Å². The highest BCUT2D eigenvalue weighted by Crippen LogP contribution is 2.27. The number of aromatic nitrogens is 3. The molecule has 0 aliphatic carbocycles. The molecular formula is C23H24F2N6O2. The Kier molecular flexibility index (Phi) is 6.62. The predicted octanol–water partition coefficient (Wildman–Crippen LogP) is 4.21. The van der Waals surface area contributed by atoms with Gasteiger partial charge in [-0.3, -0.25) is 4.79 Å². The van der Waals surface area contributed by atoms with Gasteiger partial charge >= 0.3 is 0 Å². The fraction of sp³-hybridized carbons (Fsp3) is 0.304. The van der Waals surface area contributed by atoms with E-state index in [1.807, 2.05) is 30.0 Å². The van der Waals surface area contributed by atoms with Crippen LogP contribution in [-0.2, 0) is 4.79 Å². The number of carbonyl (C=O) groups excluding carboxylic acids is 1. The molecule has 1 amide bonds. The second-order valence-electron chi connectivity index (χ2n) is 7.75. The molecule has 2 heterocycles. The second kappa shape index (κ2) is 9.76. The van der Waals surface area contributed by atoms with E-state index < -0.39 is 11.6 Å². The van der Waals surface area contributed by atoms with Crippen LogP contribution in [-0.4, -0.2) is 40.1 Å². The smallest absolute Gasteiger partial charge is 0.232 e. The maximum absolute atomic E-state index is 13.9. The Labute approximate surface area is 190 Å². The lowest BCUT2D eigenvalue weighted by Crippen LogP contribution is -2.39. The summed E-state index contributed by atoms with van der Waals surface area (Å²) in [6.45, 7) is 4.55. The fourth-order valence-electron chi connectivity index (χ4n) is 3.65. The third-order valence-corrected chi connectivity index (χ3v) is 5.38. The van der Waals surface area contributed by atoms with Crippen LogP contribution in [0.1, 0.15) is 25.3 Å². The number of rotatable bonds is 6. The highest BCUT2D eigenvalue weighted by molar-refractivity contribution is 5.90. The van der Waals surface area contributed by atoms with Crippen molar-refractivity contribution in [3.8, 4) is 5.75 Å². The number of halogens is 2. The molecule has 172 valence electrons. The van der Waals surface area contributed by atoms with Crippen LogP contribution in [0, 0.1) is 18.6 Å². The number of nitrogens with zero attached hydrogens (tertiary/aromatic N) is 4. The molecule has 2 aromatic carbocycles. The molecule has 0 saturated carbocycles. The Morgan fingerprint density at radius 1 is 1.09 bits per heavy atom. The van der Waals surface area contributed by atoms with Gasteiger partial charge in [0.05, 0.1) is 0 Å². The van der Waals surface area contributed by atoms with Crippen molar-refractivity contribution in [2.75, 3.05) is 28.6 Å². The van der Waals surface area contributed by atoms with E-state index >= 15 is 0 Å². The van der Waals surface area contributed by atoms with Gasteiger partial charge in [0, 0.05) is 44.2 Å². The first kappa shape index (κ1) is 22.4. The third-order valence-electron chi connectivity index (χ3n) is 5.38. The molecule has 10 heteroatoms. The molecule has 1 fully saturated rings. The minimum Gasteiger partial charge on any atom is -0.487 e. The summed E-state index contributed by atoms with van der Waals surface area (Å²) in [4.78, 5) is 26.4. The van der Waals surface area contributed by atoms with Gasteiger partial charge in [-0.15, -0.1) is 0 Å². The lowest BCUT2D eigenvalue weighted by atomic mass is 10.1. The summed E-state index contributed by atoms with van der Waals surface area (Å²) in [7, 11) is 0. The summed E-state index contributed by atoms with van der Waals surface area (Å²) >= 11 is 0. The third kappa shape index (κ3) is 5.33. The molecule has 0 radical (unpaired) electrons. The number of benzene rings is 2. The zero-order valence-corrected chi connectivity index (χ0v) is 18.3. The van der Waals surface area contributed by atoms with Crippen molar-refractivity contribution >= 4 is 29.2 Å². The van der Waals surface area contributed by atoms with E-state index in [1.165, 1.54) is 25.4 Å². The Bertz CT molecular complexity index is 1150. The van der Waals surface area contributed by atoms with Gasteiger partial charge in [-0.25, -0.2) is 14.4 Å². The topological polar surface area (TPSA) is 92.3 Å². The van der Waals surface area contributed by atoms with Gasteiger partial charge in [-0.1, -0.05) is 12.1 Å². The Hall–Kier alpha value is -3.82. The number of carbonyl (C=O) groups is 1. The monoisotopic (exact) mass is 454 g/mol. The number of amides is 1. The van der Waals surface area contributed by atoms with Crippen LogP contribution >= 0.6 is 0 Å². The average Bonchev–Trinajstić information content (AvgIpc) is 2.80. The van der Waals surface area contributed by atoms with Crippen molar-refractivity contribution in [1.82, 2.24) is 15.0 Å². The second-order valence-corrected chi connectivity index (χ2v) is 7.75. The summed E-state index contributed by atoms with van der Waals surface area (Å²) < 4.78 is 32.9.